The smallest absolute Gasteiger partial charge is 0.307 e. The van der Waals surface area contributed by atoms with Gasteiger partial charge in [0.25, 0.3) is 0 Å². The van der Waals surface area contributed by atoms with Crippen LogP contribution in [0, 0.1) is 11.8 Å². The van der Waals surface area contributed by atoms with Gasteiger partial charge in [0.15, 0.2) is 0 Å². The number of aliphatic carboxylic acids is 1. The Morgan fingerprint density at radius 1 is 1.31 bits per heavy atom. The van der Waals surface area contributed by atoms with Gasteiger partial charge in [-0.25, -0.2) is 0 Å². The molecule has 0 saturated heterocycles. The van der Waals surface area contributed by atoms with E-state index in [4.69, 9.17) is 5.11 Å². The normalized spacial score (nSPS) is 25.4. The molecule has 74 valence electrons. The van der Waals surface area contributed by atoms with Crippen molar-refractivity contribution in [2.45, 2.75) is 20.3 Å². The van der Waals surface area contributed by atoms with E-state index in [1.165, 1.54) is 0 Å². The molecule has 0 unspecified atom stereocenters. The fourth-order valence-corrected chi connectivity index (χ4v) is 1.51. The molecule has 1 aliphatic carbocycles. The molecule has 0 aliphatic heterocycles. The lowest BCUT2D eigenvalue weighted by molar-refractivity contribution is -0.141. The Labute approximate surface area is 77.5 Å². The Kier molecular flexibility index (Phi) is 2.90. The van der Waals surface area contributed by atoms with E-state index >= 15 is 0 Å². The average molecular weight is 185 g/mol. The molecule has 0 radical (unpaired) electrons. The molecule has 1 fully saturated rings. The fraction of sp³-hybridized carbons (Fsp3) is 0.778. The van der Waals surface area contributed by atoms with Crippen LogP contribution in [-0.4, -0.2) is 35.0 Å². The molecule has 4 nitrogen and oxygen atoms in total. The van der Waals surface area contributed by atoms with Gasteiger partial charge in [0, 0.05) is 13.1 Å². The topological polar surface area (TPSA) is 57.6 Å². The first-order chi connectivity index (χ1) is 6.11. The lowest BCUT2D eigenvalue weighted by Gasteiger charge is -2.18. The molecule has 0 aromatic rings. The Hall–Kier alpha value is -1.06. The van der Waals surface area contributed by atoms with Crippen LogP contribution in [0.2, 0.25) is 0 Å². The van der Waals surface area contributed by atoms with Gasteiger partial charge in [-0.15, -0.1) is 0 Å². The van der Waals surface area contributed by atoms with Crippen LogP contribution >= 0.6 is 0 Å². The highest BCUT2D eigenvalue weighted by Crippen LogP contribution is 2.39. The second kappa shape index (κ2) is 3.77. The van der Waals surface area contributed by atoms with E-state index in [0.29, 0.717) is 19.5 Å². The predicted molar refractivity (Wildman–Crippen MR) is 47.2 cm³/mol. The third-order valence-corrected chi connectivity index (χ3v) is 2.50. The highest BCUT2D eigenvalue weighted by Gasteiger charge is 2.49. The molecule has 1 rings (SSSR count). The molecule has 0 bridgehead atoms. The molecule has 1 aliphatic rings. The third kappa shape index (κ3) is 1.99. The summed E-state index contributed by atoms with van der Waals surface area (Å²) in [6.45, 7) is 5.13. The Bertz CT molecular complexity index is 223. The van der Waals surface area contributed by atoms with Crippen molar-refractivity contribution < 1.29 is 14.7 Å². The molecule has 0 heterocycles. The Morgan fingerprint density at radius 2 is 1.85 bits per heavy atom. The maximum Gasteiger partial charge on any atom is 0.307 e. The lowest BCUT2D eigenvalue weighted by atomic mass is 10.3. The van der Waals surface area contributed by atoms with E-state index in [-0.39, 0.29) is 11.8 Å². The number of carbonyl (C=O) groups excluding carboxylic acids is 1. The van der Waals surface area contributed by atoms with Crippen molar-refractivity contribution in [2.75, 3.05) is 13.1 Å². The summed E-state index contributed by atoms with van der Waals surface area (Å²) in [5.74, 6) is -1.52. The molecular formula is C9H15NO3. The van der Waals surface area contributed by atoms with Crippen molar-refractivity contribution in [1.82, 2.24) is 4.90 Å². The van der Waals surface area contributed by atoms with Crippen molar-refractivity contribution in [3.63, 3.8) is 0 Å². The van der Waals surface area contributed by atoms with Crippen molar-refractivity contribution in [1.29, 1.82) is 0 Å². The predicted octanol–water partition coefficient (Wildman–Crippen LogP) is 0.575. The van der Waals surface area contributed by atoms with Crippen LogP contribution in [-0.2, 0) is 9.59 Å². The van der Waals surface area contributed by atoms with Gasteiger partial charge in [-0.3, -0.25) is 9.59 Å². The van der Waals surface area contributed by atoms with Crippen LogP contribution in [0.25, 0.3) is 0 Å². The molecule has 1 amide bonds. The minimum atomic E-state index is -0.842. The van der Waals surface area contributed by atoms with Crippen molar-refractivity contribution in [3.05, 3.63) is 0 Å². The summed E-state index contributed by atoms with van der Waals surface area (Å²) in [6, 6.07) is 0. The third-order valence-electron chi connectivity index (χ3n) is 2.50. The molecule has 1 saturated carbocycles. The van der Waals surface area contributed by atoms with E-state index in [2.05, 4.69) is 0 Å². The molecular weight excluding hydrogens is 170 g/mol. The van der Waals surface area contributed by atoms with Crippen molar-refractivity contribution >= 4 is 11.9 Å². The largest absolute Gasteiger partial charge is 0.481 e. The van der Waals surface area contributed by atoms with Gasteiger partial charge in [0.1, 0.15) is 0 Å². The fourth-order valence-electron chi connectivity index (χ4n) is 1.51. The zero-order valence-corrected chi connectivity index (χ0v) is 7.99. The van der Waals surface area contributed by atoms with Crippen molar-refractivity contribution in [2.24, 2.45) is 11.8 Å². The van der Waals surface area contributed by atoms with Gasteiger partial charge in [0.05, 0.1) is 11.8 Å². The van der Waals surface area contributed by atoms with Gasteiger partial charge in [0.2, 0.25) is 5.91 Å². The zero-order valence-electron chi connectivity index (χ0n) is 7.99. The molecule has 1 N–H and O–H groups in total. The maximum atomic E-state index is 11.5. The summed E-state index contributed by atoms with van der Waals surface area (Å²) in [4.78, 5) is 23.7. The number of hydrogen-bond acceptors (Lipinski definition) is 2. The van der Waals surface area contributed by atoms with Gasteiger partial charge in [-0.1, -0.05) is 0 Å². The minimum absolute atomic E-state index is 0.00241. The number of amides is 1. The highest BCUT2D eigenvalue weighted by molar-refractivity contribution is 5.89. The van der Waals surface area contributed by atoms with Crippen LogP contribution < -0.4 is 0 Å². The van der Waals surface area contributed by atoms with E-state index in [1.54, 1.807) is 4.90 Å². The van der Waals surface area contributed by atoms with E-state index in [1.807, 2.05) is 13.8 Å². The molecule has 0 aromatic carbocycles. The molecule has 2 atom stereocenters. The first-order valence-electron chi connectivity index (χ1n) is 4.63. The number of carbonyl (C=O) groups is 2. The Morgan fingerprint density at radius 3 is 2.15 bits per heavy atom. The number of carboxylic acid groups (broad SMARTS) is 1. The molecule has 13 heavy (non-hydrogen) atoms. The second-order valence-electron chi connectivity index (χ2n) is 3.30. The summed E-state index contributed by atoms with van der Waals surface area (Å²) in [7, 11) is 0. The lowest BCUT2D eigenvalue weighted by Crippen LogP contribution is -2.32. The summed E-state index contributed by atoms with van der Waals surface area (Å²) in [6.07, 6.45) is 0.519. The second-order valence-corrected chi connectivity index (χ2v) is 3.30. The van der Waals surface area contributed by atoms with Crippen LogP contribution in [0.5, 0.6) is 0 Å². The maximum absolute atomic E-state index is 11.5. The first-order valence-corrected chi connectivity index (χ1v) is 4.63. The van der Waals surface area contributed by atoms with Gasteiger partial charge >= 0.3 is 5.97 Å². The van der Waals surface area contributed by atoms with E-state index in [0.717, 1.165) is 0 Å². The SMILES string of the molecule is CCN(CC)C(=O)[C@H]1C[C@H]1C(=O)O. The van der Waals surface area contributed by atoms with Crippen molar-refractivity contribution in [3.8, 4) is 0 Å². The van der Waals surface area contributed by atoms with Crippen LogP contribution in [0.4, 0.5) is 0 Å². The van der Waals surface area contributed by atoms with Crippen LogP contribution in [0.15, 0.2) is 0 Å². The molecule has 0 spiro atoms. The summed E-state index contributed by atoms with van der Waals surface area (Å²) in [5.41, 5.74) is 0. The summed E-state index contributed by atoms with van der Waals surface area (Å²) < 4.78 is 0. The quantitative estimate of drug-likeness (QED) is 0.696. The standard InChI is InChI=1S/C9H15NO3/c1-3-10(4-2)8(11)6-5-7(6)9(12)13/h6-7H,3-5H2,1-2H3,(H,12,13)/t6-,7+/m0/s1. The van der Waals surface area contributed by atoms with Crippen LogP contribution in [0.3, 0.4) is 0 Å². The van der Waals surface area contributed by atoms with E-state index in [9.17, 15) is 9.59 Å². The molecule has 4 heteroatoms. The summed E-state index contributed by atoms with van der Waals surface area (Å²) in [5, 5.41) is 8.63. The zero-order chi connectivity index (χ0) is 10.0. The van der Waals surface area contributed by atoms with Gasteiger partial charge in [-0.2, -0.15) is 0 Å². The Balaban J connectivity index is 2.46. The number of hydrogen-bond donors (Lipinski definition) is 1. The summed E-state index contributed by atoms with van der Waals surface area (Å²) >= 11 is 0. The monoisotopic (exact) mass is 185 g/mol. The van der Waals surface area contributed by atoms with Gasteiger partial charge in [-0.05, 0) is 20.3 Å². The average Bonchev–Trinajstić information content (AvgIpc) is 2.84. The number of rotatable bonds is 4. The van der Waals surface area contributed by atoms with Gasteiger partial charge < -0.3 is 10.0 Å². The van der Waals surface area contributed by atoms with Crippen LogP contribution in [0.1, 0.15) is 20.3 Å². The number of carboxylic acids is 1. The highest BCUT2D eigenvalue weighted by atomic mass is 16.4. The minimum Gasteiger partial charge on any atom is -0.481 e. The first kappa shape index (κ1) is 10.0. The van der Waals surface area contributed by atoms with E-state index < -0.39 is 11.9 Å². The number of nitrogens with zero attached hydrogens (tertiary/aromatic N) is 1. The molecule has 0 aromatic heterocycles.